The lowest BCUT2D eigenvalue weighted by molar-refractivity contribution is -0.132. The van der Waals surface area contributed by atoms with Crippen LogP contribution in [-0.2, 0) is 22.6 Å². The molecule has 1 aromatic rings. The molecule has 0 N–H and O–H groups in total. The minimum Gasteiger partial charge on any atom is -0.384 e. The number of hydrogen-bond acceptors (Lipinski definition) is 3. The Bertz CT molecular complexity index is 660. The van der Waals surface area contributed by atoms with Gasteiger partial charge < -0.3 is 9.64 Å². The quantitative estimate of drug-likeness (QED) is 0.745. The monoisotopic (exact) mass is 343 g/mol. The molecule has 1 unspecified atom stereocenters. The molecule has 0 aromatic carbocycles. The highest BCUT2D eigenvalue weighted by molar-refractivity contribution is 5.79. The summed E-state index contributed by atoms with van der Waals surface area (Å²) in [5.74, 6) is 1.29. The fourth-order valence-corrected chi connectivity index (χ4v) is 4.24. The molecule has 1 amide bonds. The van der Waals surface area contributed by atoms with E-state index in [1.165, 1.54) is 42.5 Å². The summed E-state index contributed by atoms with van der Waals surface area (Å²) in [6, 6.07) is 0. The van der Waals surface area contributed by atoms with Crippen LogP contribution in [0.5, 0.6) is 0 Å². The Morgan fingerprint density at radius 3 is 2.96 bits per heavy atom. The topological polar surface area (TPSA) is 47.4 Å². The fraction of sp³-hybridized carbons (Fsp3) is 0.700. The van der Waals surface area contributed by atoms with Crippen LogP contribution >= 0.6 is 0 Å². The van der Waals surface area contributed by atoms with Gasteiger partial charge in [-0.05, 0) is 44.4 Å². The van der Waals surface area contributed by atoms with Crippen molar-refractivity contribution in [3.8, 4) is 0 Å². The second-order valence-electron chi connectivity index (χ2n) is 7.89. The minimum atomic E-state index is 0.235. The maximum atomic E-state index is 12.8. The van der Waals surface area contributed by atoms with E-state index in [0.717, 1.165) is 31.8 Å². The Hall–Kier alpha value is -1.62. The van der Waals surface area contributed by atoms with Crippen LogP contribution < -0.4 is 0 Å². The predicted molar refractivity (Wildman–Crippen MR) is 96.2 cm³/mol. The highest BCUT2D eigenvalue weighted by atomic mass is 16.5. The number of ether oxygens (including phenoxy) is 1. The Labute approximate surface area is 150 Å². The first-order valence-corrected chi connectivity index (χ1v) is 9.73. The minimum absolute atomic E-state index is 0.235. The molecule has 2 aliphatic carbocycles. The molecule has 5 heteroatoms. The summed E-state index contributed by atoms with van der Waals surface area (Å²) < 4.78 is 7.65. The van der Waals surface area contributed by atoms with Crippen LogP contribution in [0.15, 0.2) is 17.8 Å². The zero-order chi connectivity index (χ0) is 17.2. The van der Waals surface area contributed by atoms with E-state index >= 15 is 0 Å². The van der Waals surface area contributed by atoms with E-state index in [9.17, 15) is 4.79 Å². The van der Waals surface area contributed by atoms with E-state index in [1.807, 2.05) is 11.1 Å². The van der Waals surface area contributed by atoms with Gasteiger partial charge in [-0.15, -0.1) is 0 Å². The highest BCUT2D eigenvalue weighted by Gasteiger charge is 2.33. The van der Waals surface area contributed by atoms with E-state index in [0.29, 0.717) is 19.6 Å². The third-order valence-electron chi connectivity index (χ3n) is 5.76. The molecule has 0 spiro atoms. The standard InChI is InChI=1S/C20H29N3O2/c1-25-14-18-13-22(19(24)9-15-5-3-2-4-6-15)12-17-10-21-23(20(17)18)11-16-7-8-16/h5,10,16,18H,2-4,6-9,11-14H2,1H3. The molecule has 1 aromatic heterocycles. The third kappa shape index (κ3) is 3.81. The number of fused-ring (bicyclic) bond motifs is 1. The van der Waals surface area contributed by atoms with Crippen molar-refractivity contribution in [2.75, 3.05) is 20.3 Å². The van der Waals surface area contributed by atoms with E-state index in [-0.39, 0.29) is 11.8 Å². The van der Waals surface area contributed by atoms with Gasteiger partial charge >= 0.3 is 0 Å². The van der Waals surface area contributed by atoms with Crippen molar-refractivity contribution in [1.29, 1.82) is 0 Å². The van der Waals surface area contributed by atoms with Crippen molar-refractivity contribution < 1.29 is 9.53 Å². The van der Waals surface area contributed by atoms with E-state index < -0.39 is 0 Å². The van der Waals surface area contributed by atoms with Crippen LogP contribution in [0.25, 0.3) is 0 Å². The summed E-state index contributed by atoms with van der Waals surface area (Å²) in [5, 5.41) is 4.63. The van der Waals surface area contributed by atoms with E-state index in [2.05, 4.69) is 15.9 Å². The van der Waals surface area contributed by atoms with Crippen molar-refractivity contribution in [3.63, 3.8) is 0 Å². The van der Waals surface area contributed by atoms with Gasteiger partial charge in [0.05, 0.1) is 18.5 Å². The van der Waals surface area contributed by atoms with Gasteiger partial charge in [-0.1, -0.05) is 11.6 Å². The molecule has 1 saturated carbocycles. The van der Waals surface area contributed by atoms with Crippen molar-refractivity contribution >= 4 is 5.91 Å². The lowest BCUT2D eigenvalue weighted by atomic mass is 9.94. The van der Waals surface area contributed by atoms with Crippen LogP contribution in [0, 0.1) is 5.92 Å². The van der Waals surface area contributed by atoms with Gasteiger partial charge in [0.25, 0.3) is 0 Å². The Morgan fingerprint density at radius 1 is 1.36 bits per heavy atom. The average molecular weight is 343 g/mol. The number of methoxy groups -OCH3 is 1. The first-order chi connectivity index (χ1) is 12.2. The molecule has 3 aliphatic rings. The molecule has 0 saturated heterocycles. The lowest BCUT2D eigenvalue weighted by Crippen LogP contribution is -2.40. The van der Waals surface area contributed by atoms with Gasteiger partial charge in [-0.3, -0.25) is 9.48 Å². The second-order valence-corrected chi connectivity index (χ2v) is 7.89. The second kappa shape index (κ2) is 7.32. The number of carbonyl (C=O) groups is 1. The molecule has 0 bridgehead atoms. The lowest BCUT2D eigenvalue weighted by Gasteiger charge is -2.33. The van der Waals surface area contributed by atoms with Crippen LogP contribution in [-0.4, -0.2) is 40.8 Å². The summed E-state index contributed by atoms with van der Waals surface area (Å²) in [6.07, 6.45) is 12.2. The molecule has 1 aliphatic heterocycles. The van der Waals surface area contributed by atoms with Crippen molar-refractivity contribution in [2.24, 2.45) is 5.92 Å². The summed E-state index contributed by atoms with van der Waals surface area (Å²) in [6.45, 7) is 3.13. The van der Waals surface area contributed by atoms with Crippen LogP contribution in [0.1, 0.15) is 62.1 Å². The summed E-state index contributed by atoms with van der Waals surface area (Å²) in [4.78, 5) is 14.9. The van der Waals surface area contributed by atoms with Crippen LogP contribution in [0.2, 0.25) is 0 Å². The SMILES string of the molecule is COCC1CN(C(=O)CC2=CCCCC2)Cc2cnn(CC3CC3)c21. The Balaban J connectivity index is 1.49. The van der Waals surface area contributed by atoms with Crippen molar-refractivity contribution in [1.82, 2.24) is 14.7 Å². The van der Waals surface area contributed by atoms with Crippen LogP contribution in [0.3, 0.4) is 0 Å². The number of amides is 1. The Kier molecular flexibility index (Phi) is 4.93. The number of hydrogen-bond donors (Lipinski definition) is 0. The fourth-order valence-electron chi connectivity index (χ4n) is 4.24. The largest absolute Gasteiger partial charge is 0.384 e. The zero-order valence-electron chi connectivity index (χ0n) is 15.2. The molecule has 25 heavy (non-hydrogen) atoms. The Morgan fingerprint density at radius 2 is 2.24 bits per heavy atom. The molecule has 4 rings (SSSR count). The molecular formula is C20H29N3O2. The van der Waals surface area contributed by atoms with Crippen molar-refractivity contribution in [2.45, 2.75) is 64.0 Å². The van der Waals surface area contributed by atoms with Crippen LogP contribution in [0.4, 0.5) is 0 Å². The molecule has 0 radical (unpaired) electrons. The normalized spacial score (nSPS) is 23.3. The number of rotatable bonds is 6. The maximum absolute atomic E-state index is 12.8. The zero-order valence-corrected chi connectivity index (χ0v) is 15.2. The van der Waals surface area contributed by atoms with Gasteiger partial charge in [0.2, 0.25) is 5.91 Å². The number of aromatic nitrogens is 2. The van der Waals surface area contributed by atoms with E-state index in [4.69, 9.17) is 4.74 Å². The summed E-state index contributed by atoms with van der Waals surface area (Å²) >= 11 is 0. The van der Waals surface area contributed by atoms with Gasteiger partial charge in [0, 0.05) is 44.6 Å². The third-order valence-corrected chi connectivity index (χ3v) is 5.76. The number of allylic oxidation sites excluding steroid dienone is 1. The number of nitrogens with zero attached hydrogens (tertiary/aromatic N) is 3. The average Bonchev–Trinajstić information content (AvgIpc) is 3.34. The molecule has 5 nitrogen and oxygen atoms in total. The molecule has 2 heterocycles. The van der Waals surface area contributed by atoms with Crippen molar-refractivity contribution in [3.05, 3.63) is 29.1 Å². The molecule has 1 fully saturated rings. The first kappa shape index (κ1) is 16.8. The smallest absolute Gasteiger partial charge is 0.226 e. The van der Waals surface area contributed by atoms with E-state index in [1.54, 1.807) is 7.11 Å². The molecule has 1 atom stereocenters. The van der Waals surface area contributed by atoms with Gasteiger partial charge in [0.15, 0.2) is 0 Å². The summed E-state index contributed by atoms with van der Waals surface area (Å²) in [5.41, 5.74) is 3.84. The highest BCUT2D eigenvalue weighted by Crippen LogP contribution is 2.35. The summed E-state index contributed by atoms with van der Waals surface area (Å²) in [7, 11) is 1.74. The van der Waals surface area contributed by atoms with Gasteiger partial charge in [0.1, 0.15) is 0 Å². The molecule has 136 valence electrons. The first-order valence-electron chi connectivity index (χ1n) is 9.73. The van der Waals surface area contributed by atoms with Gasteiger partial charge in [-0.25, -0.2) is 0 Å². The predicted octanol–water partition coefficient (Wildman–Crippen LogP) is 3.26. The number of carbonyl (C=O) groups excluding carboxylic acids is 1. The maximum Gasteiger partial charge on any atom is 0.226 e. The molecular weight excluding hydrogens is 314 g/mol. The van der Waals surface area contributed by atoms with Gasteiger partial charge in [-0.2, -0.15) is 5.10 Å².